The van der Waals surface area contributed by atoms with Gasteiger partial charge >= 0.3 is 6.04 Å². The van der Waals surface area contributed by atoms with Gasteiger partial charge in [0.15, 0.2) is 18.4 Å². The van der Waals surface area contributed by atoms with Gasteiger partial charge in [0, 0.05) is 57.3 Å². The lowest BCUT2D eigenvalue weighted by molar-refractivity contribution is -0.555. The van der Waals surface area contributed by atoms with Gasteiger partial charge in [-0.2, -0.15) is 0 Å². The van der Waals surface area contributed by atoms with Crippen molar-refractivity contribution in [2.75, 3.05) is 53.0 Å². The molecule has 3 saturated heterocycles. The van der Waals surface area contributed by atoms with E-state index in [0.29, 0.717) is 19.4 Å². The fourth-order valence-electron chi connectivity index (χ4n) is 7.27. The zero-order valence-corrected chi connectivity index (χ0v) is 31.1. The Morgan fingerprint density at radius 1 is 0.943 bits per heavy atom. The van der Waals surface area contributed by atoms with Crippen LogP contribution >= 0.6 is 8.58 Å². The second kappa shape index (κ2) is 20.9. The van der Waals surface area contributed by atoms with Crippen LogP contribution in [-0.4, -0.2) is 221 Å². The summed E-state index contributed by atoms with van der Waals surface area (Å²) in [5, 5.41) is 90.0. The Morgan fingerprint density at radius 3 is 2.28 bits per heavy atom. The molecule has 53 heavy (non-hydrogen) atoms. The third-order valence-corrected chi connectivity index (χ3v) is 12.4. The molecule has 306 valence electrons. The van der Waals surface area contributed by atoms with E-state index in [4.69, 9.17) is 52.6 Å². The van der Waals surface area contributed by atoms with E-state index in [1.165, 1.54) is 0 Å². The van der Waals surface area contributed by atoms with Crippen LogP contribution in [0.3, 0.4) is 0 Å². The highest BCUT2D eigenvalue weighted by molar-refractivity contribution is 7.39. The third kappa shape index (κ3) is 11.0. The molecule has 4 aliphatic rings. The minimum atomic E-state index is -1.39. The molecule has 0 radical (unpaired) electrons. The van der Waals surface area contributed by atoms with Gasteiger partial charge in [-0.1, -0.05) is 13.4 Å². The van der Waals surface area contributed by atoms with Crippen LogP contribution in [0.1, 0.15) is 19.3 Å². The highest BCUT2D eigenvalue weighted by Crippen LogP contribution is 2.43. The van der Waals surface area contributed by atoms with E-state index in [-0.39, 0.29) is 47.3 Å². The highest BCUT2D eigenvalue weighted by atomic mass is 31.1. The van der Waals surface area contributed by atoms with Gasteiger partial charge in [-0.25, -0.2) is 4.58 Å². The Morgan fingerprint density at radius 2 is 1.66 bits per heavy atom. The topological polar surface area (TPSA) is 317 Å². The molecule has 0 aromatic rings. The summed E-state index contributed by atoms with van der Waals surface area (Å²) in [7, 11) is 1.40. The molecule has 16 N–H and O–H groups in total. The summed E-state index contributed by atoms with van der Waals surface area (Å²) in [6.07, 6.45) is -12.6. The van der Waals surface area contributed by atoms with Crippen molar-refractivity contribution in [2.24, 2.45) is 17.2 Å². The second-order valence-electron chi connectivity index (χ2n) is 14.4. The molecule has 0 spiro atoms. The second-order valence-corrected chi connectivity index (χ2v) is 15.9. The lowest BCUT2D eigenvalue weighted by atomic mass is 9.83. The van der Waals surface area contributed by atoms with Crippen LogP contribution in [0.15, 0.2) is 0 Å². The number of hydrogen-bond donors (Lipinski definition) is 13. The van der Waals surface area contributed by atoms with Crippen molar-refractivity contribution in [3.8, 4) is 6.57 Å². The van der Waals surface area contributed by atoms with Crippen molar-refractivity contribution in [3.63, 3.8) is 0 Å². The van der Waals surface area contributed by atoms with E-state index in [9.17, 15) is 35.7 Å². The summed E-state index contributed by atoms with van der Waals surface area (Å²) in [6.45, 7) is 9.43. The van der Waals surface area contributed by atoms with Crippen molar-refractivity contribution in [1.29, 1.82) is 0 Å². The summed E-state index contributed by atoms with van der Waals surface area (Å²) in [5.41, 5.74) is 16.8. The van der Waals surface area contributed by atoms with Crippen LogP contribution in [0.4, 0.5) is 0 Å². The Balaban J connectivity index is 1.58. The van der Waals surface area contributed by atoms with Gasteiger partial charge in [-0.3, -0.25) is 0 Å². The van der Waals surface area contributed by atoms with Gasteiger partial charge in [0.1, 0.15) is 38.2 Å². The van der Waals surface area contributed by atoms with Gasteiger partial charge in [-0.05, 0) is 6.42 Å². The van der Waals surface area contributed by atoms with Crippen LogP contribution < -0.4 is 27.8 Å². The molecule has 20 unspecified atom stereocenters. The first-order chi connectivity index (χ1) is 25.3. The largest absolute Gasteiger partial charge is 0.394 e. The summed E-state index contributed by atoms with van der Waals surface area (Å²) < 4.78 is 32.9. The Bertz CT molecular complexity index is 1180. The number of aliphatic hydroxyl groups excluding tert-OH is 8. The SMILES string of the molecule is C#[N+]C1CCC(CNCC(O)CO)OC1OC1C(OC2OC(CO)C(PC3OC(CN)C(O)C(O)C3N)C2O)C(O)C(NCC(O)CN)CC1[N+](=C)C. The van der Waals surface area contributed by atoms with Crippen LogP contribution in [0, 0.1) is 6.57 Å². The van der Waals surface area contributed by atoms with Crippen molar-refractivity contribution in [3.05, 3.63) is 4.85 Å². The fraction of sp³-hybridized carbons (Fsp3) is 0.938. The quantitative estimate of drug-likeness (QED) is 0.0349. The smallest absolute Gasteiger partial charge is 0.321 e. The Hall–Kier alpha value is -1.13. The van der Waals surface area contributed by atoms with E-state index in [1.807, 2.05) is 0 Å². The van der Waals surface area contributed by atoms with Gasteiger partial charge in [0.2, 0.25) is 6.29 Å². The Kier molecular flexibility index (Phi) is 17.6. The third-order valence-electron chi connectivity index (χ3n) is 10.5. The molecule has 4 rings (SSSR count). The van der Waals surface area contributed by atoms with Crippen molar-refractivity contribution < 1.29 is 69.1 Å². The zero-order chi connectivity index (χ0) is 39.0. The normalized spacial score (nSPS) is 43.5. The van der Waals surface area contributed by atoms with Crippen LogP contribution in [0.5, 0.6) is 0 Å². The maximum Gasteiger partial charge on any atom is 0.321 e. The van der Waals surface area contributed by atoms with Gasteiger partial charge in [0.25, 0.3) is 6.57 Å². The number of aliphatic hydroxyl groups is 8. The van der Waals surface area contributed by atoms with Gasteiger partial charge < -0.3 is 92.4 Å². The lowest BCUT2D eigenvalue weighted by Gasteiger charge is -2.45. The molecule has 0 bridgehead atoms. The highest BCUT2D eigenvalue weighted by Gasteiger charge is 2.56. The predicted octanol–water partition coefficient (Wildman–Crippen LogP) is -6.85. The van der Waals surface area contributed by atoms with E-state index >= 15 is 0 Å². The van der Waals surface area contributed by atoms with Crippen molar-refractivity contribution in [2.45, 2.75) is 135 Å². The molecule has 3 heterocycles. The minimum Gasteiger partial charge on any atom is -0.394 e. The summed E-state index contributed by atoms with van der Waals surface area (Å²) in [4.78, 5) is 3.98. The van der Waals surface area contributed by atoms with Crippen LogP contribution in [0.25, 0.3) is 4.85 Å². The van der Waals surface area contributed by atoms with Crippen molar-refractivity contribution >= 4 is 15.3 Å². The maximum absolute atomic E-state index is 11.9. The number of likely N-dealkylation sites (N-methyl/N-ethyl adjacent to an activating group) is 1. The first kappa shape index (κ1) is 44.6. The number of nitrogens with one attached hydrogen (secondary N) is 2. The molecule has 0 amide bonds. The average molecular weight is 784 g/mol. The molecule has 0 aromatic carbocycles. The molecule has 20 atom stereocenters. The number of nitrogens with zero attached hydrogens (tertiary/aromatic N) is 2. The summed E-state index contributed by atoms with van der Waals surface area (Å²) in [5.74, 6) is -0.837. The molecular formula is C32H62N7O13P+2. The van der Waals surface area contributed by atoms with Crippen LogP contribution in [0.2, 0.25) is 0 Å². The molecule has 1 aliphatic carbocycles. The van der Waals surface area contributed by atoms with Gasteiger partial charge in [0.05, 0.1) is 61.7 Å². The zero-order valence-electron chi connectivity index (χ0n) is 30.1. The molecule has 1 saturated carbocycles. The molecule has 21 heteroatoms. The van der Waals surface area contributed by atoms with Gasteiger partial charge in [-0.15, -0.1) is 0 Å². The standard InChI is InChI=1S/C32H62N7O13P/c1-36-17-5-4-16(11-37-9-15(43)12-40)48-30(17)51-27-19(39(2)3)6-18(38-10-14(42)7-33)23(44)28(27)52-31-26(47)29(21(13-41)49-31)53-32-22(35)25(46)24(45)20(8-34)50-32/h1,14-32,37-38,40-47,53H,2,4-13,33-35H2,3H3/q+2. The van der Waals surface area contributed by atoms with E-state index in [0.717, 1.165) is 0 Å². The summed E-state index contributed by atoms with van der Waals surface area (Å²) in [6, 6.07) is -2.83. The first-order valence-electron chi connectivity index (χ1n) is 18.1. The molecular weight excluding hydrogens is 721 g/mol. The van der Waals surface area contributed by atoms with E-state index < -0.39 is 123 Å². The van der Waals surface area contributed by atoms with Crippen LogP contribution in [-0.2, 0) is 23.7 Å². The fourth-order valence-corrected chi connectivity index (χ4v) is 9.08. The first-order valence-corrected chi connectivity index (χ1v) is 19.3. The lowest BCUT2D eigenvalue weighted by Crippen LogP contribution is -2.66. The molecule has 3 aliphatic heterocycles. The number of hydrogen-bond acceptors (Lipinski definition) is 18. The molecule has 0 aromatic heterocycles. The Labute approximate surface area is 311 Å². The summed E-state index contributed by atoms with van der Waals surface area (Å²) >= 11 is 0. The number of ether oxygens (including phenoxy) is 5. The maximum atomic E-state index is 11.9. The predicted molar refractivity (Wildman–Crippen MR) is 192 cm³/mol. The number of nitrogens with two attached hydrogens (primary N) is 3. The minimum absolute atomic E-state index is 0.0126. The van der Waals surface area contributed by atoms with E-state index in [1.54, 1.807) is 11.6 Å². The van der Waals surface area contributed by atoms with E-state index in [2.05, 4.69) is 22.2 Å². The molecule has 4 fully saturated rings. The molecule has 20 nitrogen and oxygen atoms in total. The monoisotopic (exact) mass is 783 g/mol. The average Bonchev–Trinajstić information content (AvgIpc) is 3.45. The van der Waals surface area contributed by atoms with Crippen molar-refractivity contribution in [1.82, 2.24) is 10.6 Å². The number of rotatable bonds is 18.